The number of carbonyl (C=O) groups excluding carboxylic acids is 2. The Morgan fingerprint density at radius 3 is 3.00 bits per heavy atom. The average Bonchev–Trinajstić information content (AvgIpc) is 2.68. The molecule has 2 N–H and O–H groups in total. The van der Waals surface area contributed by atoms with E-state index in [2.05, 4.69) is 10.5 Å². The van der Waals surface area contributed by atoms with Gasteiger partial charge in [0.15, 0.2) is 18.1 Å². The number of rotatable bonds is 6. The number of amides is 2. The monoisotopic (exact) mass is 403 g/mol. The lowest BCUT2D eigenvalue weighted by Crippen LogP contribution is -2.44. The van der Waals surface area contributed by atoms with Crippen LogP contribution >= 0.6 is 11.6 Å². The first-order valence-electron chi connectivity index (χ1n) is 8.49. The maximum atomic E-state index is 12.2. The first-order chi connectivity index (χ1) is 13.5. The van der Waals surface area contributed by atoms with Crippen molar-refractivity contribution in [3.05, 3.63) is 47.0 Å². The maximum Gasteiger partial charge on any atom is 0.265 e. The van der Waals surface area contributed by atoms with Crippen molar-refractivity contribution in [3.8, 4) is 17.2 Å². The largest absolute Gasteiger partial charge is 0.503 e. The van der Waals surface area contributed by atoms with Gasteiger partial charge in [-0.3, -0.25) is 14.5 Å². The molecule has 2 aromatic carbocycles. The van der Waals surface area contributed by atoms with Crippen molar-refractivity contribution >= 4 is 35.3 Å². The number of hydrogen-bond acceptors (Lipinski definition) is 6. The summed E-state index contributed by atoms with van der Waals surface area (Å²) >= 11 is 5.95. The van der Waals surface area contributed by atoms with Crippen molar-refractivity contribution in [1.29, 1.82) is 0 Å². The Kier molecular flexibility index (Phi) is 6.00. The van der Waals surface area contributed by atoms with Crippen LogP contribution in [-0.4, -0.2) is 42.9 Å². The molecule has 0 saturated carbocycles. The fourth-order valence-corrected chi connectivity index (χ4v) is 2.84. The SMILES string of the molecule is CCOc1cc(/C=N/NC(=O)CN2C(=O)COc3ccccc32)cc(Cl)c1O. The van der Waals surface area contributed by atoms with E-state index in [0.717, 1.165) is 0 Å². The van der Waals surface area contributed by atoms with Crippen LogP contribution in [0.5, 0.6) is 17.2 Å². The summed E-state index contributed by atoms with van der Waals surface area (Å²) in [6.45, 7) is 1.81. The predicted molar refractivity (Wildman–Crippen MR) is 104 cm³/mol. The summed E-state index contributed by atoms with van der Waals surface area (Å²) in [5.74, 6) is -0.186. The first-order valence-corrected chi connectivity index (χ1v) is 8.86. The zero-order valence-corrected chi connectivity index (χ0v) is 15.8. The number of phenolic OH excluding ortho intramolecular Hbond substituents is 1. The molecule has 0 radical (unpaired) electrons. The van der Waals surface area contributed by atoms with Crippen LogP contribution in [0.2, 0.25) is 5.02 Å². The molecule has 1 aliphatic rings. The molecule has 2 aromatic rings. The zero-order chi connectivity index (χ0) is 20.1. The summed E-state index contributed by atoms with van der Waals surface area (Å²) in [5.41, 5.74) is 3.42. The van der Waals surface area contributed by atoms with E-state index in [1.54, 1.807) is 37.3 Å². The molecule has 0 spiro atoms. The normalized spacial score (nSPS) is 13.2. The molecule has 0 unspecified atom stereocenters. The molecule has 2 amide bonds. The van der Waals surface area contributed by atoms with Crippen molar-refractivity contribution in [2.24, 2.45) is 5.10 Å². The van der Waals surface area contributed by atoms with Gasteiger partial charge in [0.25, 0.3) is 11.8 Å². The first kappa shape index (κ1) is 19.5. The van der Waals surface area contributed by atoms with Gasteiger partial charge < -0.3 is 14.6 Å². The van der Waals surface area contributed by atoms with Crippen molar-refractivity contribution in [2.45, 2.75) is 6.92 Å². The molecule has 9 heteroatoms. The van der Waals surface area contributed by atoms with Crippen LogP contribution in [0.3, 0.4) is 0 Å². The van der Waals surface area contributed by atoms with Gasteiger partial charge in [0.2, 0.25) is 0 Å². The lowest BCUT2D eigenvalue weighted by atomic mass is 10.2. The van der Waals surface area contributed by atoms with Crippen molar-refractivity contribution in [2.75, 3.05) is 24.7 Å². The molecule has 0 atom stereocenters. The number of hydrazone groups is 1. The second-order valence-corrected chi connectivity index (χ2v) is 6.22. The molecule has 0 fully saturated rings. The number of phenols is 1. The van der Waals surface area contributed by atoms with Crippen LogP contribution in [0.15, 0.2) is 41.5 Å². The van der Waals surface area contributed by atoms with E-state index in [1.807, 2.05) is 0 Å². The standard InChI is InChI=1S/C19H18ClN3O5/c1-2-27-16-8-12(7-13(20)19(16)26)9-21-22-17(24)10-23-14-5-3-4-6-15(14)28-11-18(23)25/h3-9,26H,2,10-11H2,1H3,(H,22,24)/b21-9+. The van der Waals surface area contributed by atoms with Gasteiger partial charge in [0.1, 0.15) is 12.3 Å². The number of carbonyl (C=O) groups is 2. The fourth-order valence-electron chi connectivity index (χ4n) is 2.62. The highest BCUT2D eigenvalue weighted by Crippen LogP contribution is 2.34. The smallest absolute Gasteiger partial charge is 0.265 e. The molecular formula is C19H18ClN3O5. The molecule has 3 rings (SSSR count). The number of halogens is 1. The highest BCUT2D eigenvalue weighted by atomic mass is 35.5. The Bertz CT molecular complexity index is 932. The molecular weight excluding hydrogens is 386 g/mol. The van der Waals surface area contributed by atoms with E-state index < -0.39 is 5.91 Å². The lowest BCUT2D eigenvalue weighted by Gasteiger charge is -2.28. The zero-order valence-electron chi connectivity index (χ0n) is 15.0. The summed E-state index contributed by atoms with van der Waals surface area (Å²) in [7, 11) is 0. The van der Waals surface area contributed by atoms with Gasteiger partial charge in [-0.25, -0.2) is 5.43 Å². The number of nitrogens with zero attached hydrogens (tertiary/aromatic N) is 2. The maximum absolute atomic E-state index is 12.2. The molecule has 0 saturated heterocycles. The minimum absolute atomic E-state index is 0.106. The Labute approximate surface area is 166 Å². The second kappa shape index (κ2) is 8.62. The number of fused-ring (bicyclic) bond motifs is 1. The minimum Gasteiger partial charge on any atom is -0.503 e. The van der Waals surface area contributed by atoms with Gasteiger partial charge in [-0.05, 0) is 36.8 Å². The van der Waals surface area contributed by atoms with E-state index in [-0.39, 0.29) is 35.6 Å². The highest BCUT2D eigenvalue weighted by Gasteiger charge is 2.26. The molecule has 1 aliphatic heterocycles. The summed E-state index contributed by atoms with van der Waals surface area (Å²) in [6, 6.07) is 10.0. The van der Waals surface area contributed by atoms with Crippen LogP contribution in [0.4, 0.5) is 5.69 Å². The number of nitrogens with one attached hydrogen (secondary N) is 1. The van der Waals surface area contributed by atoms with Crippen molar-refractivity contribution in [1.82, 2.24) is 5.43 Å². The number of benzene rings is 2. The number of aromatic hydroxyl groups is 1. The van der Waals surface area contributed by atoms with E-state index in [4.69, 9.17) is 21.1 Å². The van der Waals surface area contributed by atoms with E-state index in [1.165, 1.54) is 17.2 Å². The predicted octanol–water partition coefficient (Wildman–Crippen LogP) is 2.32. The number of ether oxygens (including phenoxy) is 2. The van der Waals surface area contributed by atoms with Crippen LogP contribution in [0.25, 0.3) is 0 Å². The molecule has 28 heavy (non-hydrogen) atoms. The van der Waals surface area contributed by atoms with Gasteiger partial charge in [0, 0.05) is 0 Å². The van der Waals surface area contributed by atoms with Crippen molar-refractivity contribution in [3.63, 3.8) is 0 Å². The summed E-state index contributed by atoms with van der Waals surface area (Å²) in [5, 5.41) is 13.8. The Morgan fingerprint density at radius 2 is 2.21 bits per heavy atom. The molecule has 0 aromatic heterocycles. The molecule has 8 nitrogen and oxygen atoms in total. The average molecular weight is 404 g/mol. The number of para-hydroxylation sites is 2. The van der Waals surface area contributed by atoms with Crippen LogP contribution in [0.1, 0.15) is 12.5 Å². The molecule has 0 aliphatic carbocycles. The Morgan fingerprint density at radius 1 is 1.43 bits per heavy atom. The number of hydrogen-bond donors (Lipinski definition) is 2. The van der Waals surface area contributed by atoms with Gasteiger partial charge in [0.05, 0.1) is 23.5 Å². The summed E-state index contributed by atoms with van der Waals surface area (Å²) in [6.07, 6.45) is 1.36. The molecule has 0 bridgehead atoms. The van der Waals surface area contributed by atoms with E-state index in [9.17, 15) is 14.7 Å². The molecule has 1 heterocycles. The van der Waals surface area contributed by atoms with Crippen LogP contribution < -0.4 is 19.8 Å². The Hall–Kier alpha value is -3.26. The quantitative estimate of drug-likeness (QED) is 0.569. The summed E-state index contributed by atoms with van der Waals surface area (Å²) in [4.78, 5) is 25.6. The van der Waals surface area contributed by atoms with Gasteiger partial charge in [-0.15, -0.1) is 0 Å². The van der Waals surface area contributed by atoms with Gasteiger partial charge in [-0.2, -0.15) is 5.10 Å². The fraction of sp³-hybridized carbons (Fsp3) is 0.211. The van der Waals surface area contributed by atoms with Crippen LogP contribution in [0, 0.1) is 0 Å². The number of anilines is 1. The van der Waals surface area contributed by atoms with Gasteiger partial charge in [-0.1, -0.05) is 23.7 Å². The lowest BCUT2D eigenvalue weighted by molar-refractivity contribution is -0.125. The summed E-state index contributed by atoms with van der Waals surface area (Å²) < 4.78 is 10.6. The highest BCUT2D eigenvalue weighted by molar-refractivity contribution is 6.32. The van der Waals surface area contributed by atoms with Crippen LogP contribution in [-0.2, 0) is 9.59 Å². The van der Waals surface area contributed by atoms with Gasteiger partial charge >= 0.3 is 0 Å². The molecule has 146 valence electrons. The second-order valence-electron chi connectivity index (χ2n) is 5.81. The minimum atomic E-state index is -0.476. The third-order valence-electron chi connectivity index (χ3n) is 3.86. The topological polar surface area (TPSA) is 100 Å². The third-order valence-corrected chi connectivity index (χ3v) is 4.15. The van der Waals surface area contributed by atoms with Crippen molar-refractivity contribution < 1.29 is 24.2 Å². The third kappa shape index (κ3) is 4.34. The Balaban J connectivity index is 1.66. The van der Waals surface area contributed by atoms with E-state index in [0.29, 0.717) is 23.6 Å². The van der Waals surface area contributed by atoms with E-state index >= 15 is 0 Å².